The number of sulfonamides is 1. The first kappa shape index (κ1) is 26.0. The summed E-state index contributed by atoms with van der Waals surface area (Å²) in [6, 6.07) is 9.33. The molecule has 1 N–H and O–H groups in total. The van der Waals surface area contributed by atoms with Gasteiger partial charge in [0.25, 0.3) is 0 Å². The molecule has 32 heavy (non-hydrogen) atoms. The van der Waals surface area contributed by atoms with Crippen LogP contribution in [-0.4, -0.2) is 51.0 Å². The van der Waals surface area contributed by atoms with Gasteiger partial charge in [0.1, 0.15) is 12.6 Å². The molecule has 0 spiro atoms. The van der Waals surface area contributed by atoms with E-state index in [-0.39, 0.29) is 6.54 Å². The molecule has 0 bridgehead atoms. The standard InChI is InChI=1S/C22H27Cl2N3O4S/c1-14-9-10-20(15(2)11-14)27(32(5,30)31)13-21(28)26(16(3)22(29)25-4)12-17-18(23)7-6-8-19(17)24/h6-11,16H,12-13H2,1-5H3,(H,25,29)/t16-/m1/s1. The molecule has 1 atom stereocenters. The third-order valence-corrected chi connectivity index (χ3v) is 6.94. The van der Waals surface area contributed by atoms with Gasteiger partial charge in [-0.2, -0.15) is 0 Å². The van der Waals surface area contributed by atoms with Crippen molar-refractivity contribution in [1.82, 2.24) is 10.2 Å². The Kier molecular flexibility index (Phi) is 8.56. The van der Waals surface area contributed by atoms with Crippen molar-refractivity contribution in [3.8, 4) is 0 Å². The van der Waals surface area contributed by atoms with E-state index in [0.717, 1.165) is 16.1 Å². The minimum absolute atomic E-state index is 0.0591. The molecule has 0 fully saturated rings. The topological polar surface area (TPSA) is 86.8 Å². The fraction of sp³-hybridized carbons (Fsp3) is 0.364. The lowest BCUT2D eigenvalue weighted by Crippen LogP contribution is -2.50. The Morgan fingerprint density at radius 3 is 2.19 bits per heavy atom. The number of anilines is 1. The quantitative estimate of drug-likeness (QED) is 0.601. The molecule has 0 aromatic heterocycles. The van der Waals surface area contributed by atoms with E-state index in [2.05, 4.69) is 5.32 Å². The summed E-state index contributed by atoms with van der Waals surface area (Å²) >= 11 is 12.6. The van der Waals surface area contributed by atoms with Crippen LogP contribution in [0.25, 0.3) is 0 Å². The minimum Gasteiger partial charge on any atom is -0.357 e. The zero-order chi connectivity index (χ0) is 24.2. The predicted molar refractivity (Wildman–Crippen MR) is 129 cm³/mol. The molecule has 0 aliphatic rings. The molecule has 0 saturated carbocycles. The van der Waals surface area contributed by atoms with Crippen LogP contribution in [0.3, 0.4) is 0 Å². The van der Waals surface area contributed by atoms with Crippen molar-refractivity contribution in [2.45, 2.75) is 33.4 Å². The largest absolute Gasteiger partial charge is 0.357 e. The van der Waals surface area contributed by atoms with Gasteiger partial charge >= 0.3 is 0 Å². The van der Waals surface area contributed by atoms with E-state index in [4.69, 9.17) is 23.2 Å². The molecule has 0 aliphatic carbocycles. The number of rotatable bonds is 8. The smallest absolute Gasteiger partial charge is 0.244 e. The molecule has 0 unspecified atom stereocenters. The van der Waals surface area contributed by atoms with Gasteiger partial charge in [-0.1, -0.05) is 47.0 Å². The fourth-order valence-electron chi connectivity index (χ4n) is 3.33. The molecule has 0 aliphatic heterocycles. The second-order valence-electron chi connectivity index (χ2n) is 7.57. The van der Waals surface area contributed by atoms with Crippen molar-refractivity contribution in [1.29, 1.82) is 0 Å². The minimum atomic E-state index is -3.79. The highest BCUT2D eigenvalue weighted by Gasteiger charge is 2.31. The van der Waals surface area contributed by atoms with Crippen molar-refractivity contribution < 1.29 is 18.0 Å². The Balaban J connectivity index is 2.47. The van der Waals surface area contributed by atoms with E-state index in [0.29, 0.717) is 26.9 Å². The molecule has 174 valence electrons. The van der Waals surface area contributed by atoms with Gasteiger partial charge in [0.2, 0.25) is 21.8 Å². The lowest BCUT2D eigenvalue weighted by Gasteiger charge is -2.32. The Hall–Kier alpha value is -2.29. The number of hydrogen-bond acceptors (Lipinski definition) is 4. The Morgan fingerprint density at radius 1 is 1.09 bits per heavy atom. The van der Waals surface area contributed by atoms with Crippen molar-refractivity contribution in [3.63, 3.8) is 0 Å². The van der Waals surface area contributed by atoms with Crippen LogP contribution in [0.15, 0.2) is 36.4 Å². The lowest BCUT2D eigenvalue weighted by atomic mass is 10.1. The highest BCUT2D eigenvalue weighted by Crippen LogP contribution is 2.28. The van der Waals surface area contributed by atoms with Crippen molar-refractivity contribution in [3.05, 3.63) is 63.1 Å². The van der Waals surface area contributed by atoms with Crippen LogP contribution < -0.4 is 9.62 Å². The third-order valence-electron chi connectivity index (χ3n) is 5.10. The van der Waals surface area contributed by atoms with Crippen LogP contribution in [0.5, 0.6) is 0 Å². The maximum Gasteiger partial charge on any atom is 0.244 e. The number of halogens is 2. The SMILES string of the molecule is CNC(=O)[C@@H](C)N(Cc1c(Cl)cccc1Cl)C(=O)CN(c1ccc(C)cc1C)S(C)(=O)=O. The van der Waals surface area contributed by atoms with Gasteiger partial charge in [-0.15, -0.1) is 0 Å². The van der Waals surface area contributed by atoms with Crippen molar-refractivity contribution in [2.75, 3.05) is 24.2 Å². The van der Waals surface area contributed by atoms with Crippen LogP contribution in [0.2, 0.25) is 10.0 Å². The number of carbonyl (C=O) groups is 2. The Morgan fingerprint density at radius 2 is 1.69 bits per heavy atom. The summed E-state index contributed by atoms with van der Waals surface area (Å²) < 4.78 is 26.2. The van der Waals surface area contributed by atoms with Gasteiger partial charge < -0.3 is 10.2 Å². The molecule has 2 rings (SSSR count). The number of benzene rings is 2. The van der Waals surface area contributed by atoms with Gasteiger partial charge in [-0.05, 0) is 44.5 Å². The summed E-state index contributed by atoms with van der Waals surface area (Å²) in [4.78, 5) is 27.0. The van der Waals surface area contributed by atoms with Crippen molar-refractivity contribution >= 4 is 50.7 Å². The average molecular weight is 500 g/mol. The second-order valence-corrected chi connectivity index (χ2v) is 10.3. The number of amides is 2. The number of likely N-dealkylation sites (N-methyl/N-ethyl adjacent to an activating group) is 1. The number of hydrogen-bond donors (Lipinski definition) is 1. The number of carbonyl (C=O) groups excluding carboxylic acids is 2. The summed E-state index contributed by atoms with van der Waals surface area (Å²) in [5, 5.41) is 3.20. The zero-order valence-electron chi connectivity index (χ0n) is 18.6. The fourth-order valence-corrected chi connectivity index (χ4v) is 4.75. The highest BCUT2D eigenvalue weighted by atomic mass is 35.5. The number of aryl methyl sites for hydroxylation is 2. The summed E-state index contributed by atoms with van der Waals surface area (Å²) in [5.74, 6) is -0.971. The van der Waals surface area contributed by atoms with Crippen molar-refractivity contribution in [2.24, 2.45) is 0 Å². The Labute approximate surface area is 199 Å². The normalized spacial score (nSPS) is 12.2. The average Bonchev–Trinajstić information content (AvgIpc) is 2.70. The van der Waals surface area contributed by atoms with E-state index in [1.807, 2.05) is 13.0 Å². The van der Waals surface area contributed by atoms with Crippen LogP contribution in [0.1, 0.15) is 23.6 Å². The molecule has 0 radical (unpaired) electrons. The van der Waals surface area contributed by atoms with E-state index in [9.17, 15) is 18.0 Å². The molecule has 2 amide bonds. The molecule has 10 heteroatoms. The van der Waals surface area contributed by atoms with Crippen LogP contribution in [0.4, 0.5) is 5.69 Å². The van der Waals surface area contributed by atoms with E-state index < -0.39 is 34.4 Å². The molecular formula is C22H27Cl2N3O4S. The molecule has 7 nitrogen and oxygen atoms in total. The second kappa shape index (κ2) is 10.6. The van der Waals surface area contributed by atoms with Crippen LogP contribution in [-0.2, 0) is 26.2 Å². The van der Waals surface area contributed by atoms with E-state index in [1.54, 1.807) is 44.2 Å². The van der Waals surface area contributed by atoms with Gasteiger partial charge in [0.15, 0.2) is 0 Å². The van der Waals surface area contributed by atoms with Gasteiger partial charge in [-0.25, -0.2) is 8.42 Å². The molecule has 2 aromatic rings. The first-order valence-electron chi connectivity index (χ1n) is 9.85. The molecule has 2 aromatic carbocycles. The summed E-state index contributed by atoms with van der Waals surface area (Å²) in [5.41, 5.74) is 2.55. The van der Waals surface area contributed by atoms with Crippen LogP contribution >= 0.6 is 23.2 Å². The van der Waals surface area contributed by atoms with E-state index >= 15 is 0 Å². The zero-order valence-corrected chi connectivity index (χ0v) is 21.0. The Bertz CT molecular complexity index is 1100. The lowest BCUT2D eigenvalue weighted by molar-refractivity contribution is -0.139. The first-order chi connectivity index (χ1) is 14.9. The summed E-state index contributed by atoms with van der Waals surface area (Å²) in [6.07, 6.45) is 1.04. The number of nitrogens with zero attached hydrogens (tertiary/aromatic N) is 2. The summed E-state index contributed by atoms with van der Waals surface area (Å²) in [7, 11) is -2.33. The monoisotopic (exact) mass is 499 g/mol. The van der Waals surface area contributed by atoms with Gasteiger partial charge in [0.05, 0.1) is 11.9 Å². The first-order valence-corrected chi connectivity index (χ1v) is 12.5. The number of nitrogens with one attached hydrogen (secondary N) is 1. The highest BCUT2D eigenvalue weighted by molar-refractivity contribution is 7.92. The van der Waals surface area contributed by atoms with Crippen LogP contribution in [0, 0.1) is 13.8 Å². The molecular weight excluding hydrogens is 473 g/mol. The van der Waals surface area contributed by atoms with Gasteiger partial charge in [-0.3, -0.25) is 13.9 Å². The van der Waals surface area contributed by atoms with E-state index in [1.165, 1.54) is 11.9 Å². The molecule has 0 saturated heterocycles. The third kappa shape index (κ3) is 6.15. The molecule has 0 heterocycles. The maximum atomic E-state index is 13.4. The maximum absolute atomic E-state index is 13.4. The predicted octanol–water partition coefficient (Wildman–Crippen LogP) is 3.54. The van der Waals surface area contributed by atoms with Gasteiger partial charge in [0, 0.05) is 29.2 Å². The summed E-state index contributed by atoms with van der Waals surface area (Å²) in [6.45, 7) is 4.69.